The van der Waals surface area contributed by atoms with Gasteiger partial charge in [-0.25, -0.2) is 8.42 Å². The predicted molar refractivity (Wildman–Crippen MR) is 137 cm³/mol. The molecule has 32 heavy (non-hydrogen) atoms. The molecule has 0 N–H and O–H groups in total. The summed E-state index contributed by atoms with van der Waals surface area (Å²) in [6.07, 6.45) is 15.8. The standard InChI is InChI=1S/C28H47ClO2S/c1-18(2)8-7-9-19(3)22-10-11-23-21-17-26(32(6,30)31)25-16-20(29)12-14-28(25,5)24(21)13-15-27(22,23)4/h16,18-24,26H,7-15,17H2,1-6H3/t19-,20+,21+,22-,23+,24+,26-,27-,28-/m1/s1. The summed E-state index contributed by atoms with van der Waals surface area (Å²) in [5.74, 6) is 4.26. The van der Waals surface area contributed by atoms with E-state index in [1.165, 1.54) is 56.8 Å². The Morgan fingerprint density at radius 2 is 1.75 bits per heavy atom. The molecule has 0 heterocycles. The van der Waals surface area contributed by atoms with Crippen LogP contribution in [0.2, 0.25) is 0 Å². The summed E-state index contributed by atoms with van der Waals surface area (Å²) in [6, 6.07) is 0. The fourth-order valence-electron chi connectivity index (χ4n) is 9.14. The first-order valence-corrected chi connectivity index (χ1v) is 15.8. The minimum absolute atomic E-state index is 0.00437. The zero-order chi connectivity index (χ0) is 23.5. The van der Waals surface area contributed by atoms with Gasteiger partial charge in [0.25, 0.3) is 0 Å². The molecule has 4 aliphatic carbocycles. The number of fused-ring (bicyclic) bond motifs is 5. The summed E-state index contributed by atoms with van der Waals surface area (Å²) in [5, 5.41) is -0.324. The van der Waals surface area contributed by atoms with Crippen LogP contribution in [0.3, 0.4) is 0 Å². The lowest BCUT2D eigenvalue weighted by atomic mass is 9.46. The zero-order valence-corrected chi connectivity index (χ0v) is 22.9. The Hall–Kier alpha value is -0.0200. The highest BCUT2D eigenvalue weighted by Gasteiger charge is 2.61. The summed E-state index contributed by atoms with van der Waals surface area (Å²) >= 11 is 6.54. The van der Waals surface area contributed by atoms with Crippen LogP contribution in [0, 0.1) is 46.3 Å². The molecule has 0 aliphatic heterocycles. The molecule has 2 nitrogen and oxygen atoms in total. The van der Waals surface area contributed by atoms with Crippen molar-refractivity contribution >= 4 is 21.4 Å². The van der Waals surface area contributed by atoms with Gasteiger partial charge in [0.2, 0.25) is 0 Å². The molecule has 4 rings (SSSR count). The van der Waals surface area contributed by atoms with Gasteiger partial charge in [0, 0.05) is 6.26 Å². The highest BCUT2D eigenvalue weighted by molar-refractivity contribution is 7.91. The molecular weight excluding hydrogens is 436 g/mol. The van der Waals surface area contributed by atoms with E-state index < -0.39 is 9.84 Å². The average molecular weight is 483 g/mol. The molecule has 0 spiro atoms. The highest BCUT2D eigenvalue weighted by Crippen LogP contribution is 2.68. The minimum atomic E-state index is -3.13. The minimum Gasteiger partial charge on any atom is -0.229 e. The quantitative estimate of drug-likeness (QED) is 0.287. The van der Waals surface area contributed by atoms with Crippen LogP contribution in [0.5, 0.6) is 0 Å². The SMILES string of the molecule is CC(C)CCC[C@@H](C)[C@H]1CC[C@H]2[C@@H]3C[C@@H](S(C)(=O)=O)C4=C[C@@H](Cl)CC[C@]4(C)[C@H]3CC[C@]12C. The van der Waals surface area contributed by atoms with Crippen LogP contribution in [0.4, 0.5) is 0 Å². The molecular formula is C28H47ClO2S. The third-order valence-corrected chi connectivity index (χ3v) is 12.6. The summed E-state index contributed by atoms with van der Waals surface area (Å²) in [7, 11) is -3.13. The first kappa shape index (κ1) is 25.1. The normalized spacial score (nSPS) is 45.1. The van der Waals surface area contributed by atoms with Gasteiger partial charge in [0.1, 0.15) is 0 Å². The summed E-state index contributed by atoms with van der Waals surface area (Å²) in [6.45, 7) is 12.2. The first-order chi connectivity index (χ1) is 14.9. The number of alkyl halides is 1. The second-order valence-corrected chi connectivity index (χ2v) is 15.8. The van der Waals surface area contributed by atoms with Gasteiger partial charge in [-0.2, -0.15) is 0 Å². The predicted octanol–water partition coefficient (Wildman–Crippen LogP) is 7.66. The Morgan fingerprint density at radius 1 is 1.03 bits per heavy atom. The molecule has 0 aromatic heterocycles. The monoisotopic (exact) mass is 482 g/mol. The fraction of sp³-hybridized carbons (Fsp3) is 0.929. The van der Waals surface area contributed by atoms with E-state index >= 15 is 0 Å². The molecule has 3 saturated carbocycles. The lowest BCUT2D eigenvalue weighted by Gasteiger charge is -2.60. The number of allylic oxidation sites excluding steroid dienone is 1. The maximum atomic E-state index is 13.0. The molecule has 184 valence electrons. The van der Waals surface area contributed by atoms with E-state index in [1.807, 2.05) is 0 Å². The van der Waals surface area contributed by atoms with Crippen molar-refractivity contribution in [1.82, 2.24) is 0 Å². The molecule has 3 fully saturated rings. The van der Waals surface area contributed by atoms with Gasteiger partial charge in [-0.05, 0) is 96.9 Å². The first-order valence-electron chi connectivity index (χ1n) is 13.4. The van der Waals surface area contributed by atoms with E-state index in [2.05, 4.69) is 40.7 Å². The van der Waals surface area contributed by atoms with Crippen molar-refractivity contribution in [2.24, 2.45) is 46.3 Å². The topological polar surface area (TPSA) is 34.1 Å². The number of sulfone groups is 1. The highest BCUT2D eigenvalue weighted by atomic mass is 35.5. The van der Waals surface area contributed by atoms with Crippen LogP contribution in [-0.4, -0.2) is 25.3 Å². The molecule has 0 saturated heterocycles. The molecule has 0 amide bonds. The van der Waals surface area contributed by atoms with Gasteiger partial charge in [0.05, 0.1) is 10.6 Å². The summed E-state index contributed by atoms with van der Waals surface area (Å²) < 4.78 is 26.0. The van der Waals surface area contributed by atoms with Crippen LogP contribution >= 0.6 is 11.6 Å². The third-order valence-electron chi connectivity index (χ3n) is 10.8. The second-order valence-electron chi connectivity index (χ2n) is 13.1. The third kappa shape index (κ3) is 4.25. The largest absolute Gasteiger partial charge is 0.229 e. The Balaban J connectivity index is 1.61. The van der Waals surface area contributed by atoms with Gasteiger partial charge in [0.15, 0.2) is 9.84 Å². The summed E-state index contributed by atoms with van der Waals surface area (Å²) in [5.41, 5.74) is 1.58. The maximum Gasteiger partial charge on any atom is 0.154 e. The van der Waals surface area contributed by atoms with Gasteiger partial charge >= 0.3 is 0 Å². The number of halogens is 1. The Morgan fingerprint density at radius 3 is 2.41 bits per heavy atom. The van der Waals surface area contributed by atoms with Gasteiger partial charge in [-0.15, -0.1) is 11.6 Å². The molecule has 0 unspecified atom stereocenters. The smallest absolute Gasteiger partial charge is 0.154 e. The molecule has 0 aromatic carbocycles. The van der Waals surface area contributed by atoms with Crippen LogP contribution in [-0.2, 0) is 9.84 Å². The second kappa shape index (κ2) is 8.89. The zero-order valence-electron chi connectivity index (χ0n) is 21.4. The van der Waals surface area contributed by atoms with Gasteiger partial charge < -0.3 is 0 Å². The number of hydrogen-bond acceptors (Lipinski definition) is 2. The van der Waals surface area contributed by atoms with Crippen molar-refractivity contribution in [1.29, 1.82) is 0 Å². The molecule has 4 heteroatoms. The molecule has 0 aromatic rings. The van der Waals surface area contributed by atoms with Gasteiger partial charge in [-0.1, -0.05) is 60.0 Å². The van der Waals surface area contributed by atoms with Gasteiger partial charge in [-0.3, -0.25) is 0 Å². The van der Waals surface area contributed by atoms with Crippen molar-refractivity contribution in [2.75, 3.05) is 6.26 Å². The van der Waals surface area contributed by atoms with E-state index in [-0.39, 0.29) is 16.0 Å². The van der Waals surface area contributed by atoms with Crippen molar-refractivity contribution in [2.45, 2.75) is 109 Å². The summed E-state index contributed by atoms with van der Waals surface area (Å²) in [4.78, 5) is 0. The average Bonchev–Trinajstić information content (AvgIpc) is 3.04. The van der Waals surface area contributed by atoms with E-state index in [0.717, 1.165) is 37.0 Å². The Labute approximate surface area is 203 Å². The fourth-order valence-corrected chi connectivity index (χ4v) is 10.8. The van der Waals surface area contributed by atoms with Crippen molar-refractivity contribution in [3.63, 3.8) is 0 Å². The Kier molecular flexibility index (Phi) is 6.97. The van der Waals surface area contributed by atoms with E-state index in [4.69, 9.17) is 11.6 Å². The van der Waals surface area contributed by atoms with Crippen LogP contribution < -0.4 is 0 Å². The van der Waals surface area contributed by atoms with E-state index in [0.29, 0.717) is 23.2 Å². The molecule has 0 radical (unpaired) electrons. The lowest BCUT2D eigenvalue weighted by Crippen LogP contribution is -2.55. The van der Waals surface area contributed by atoms with Crippen LogP contribution in [0.15, 0.2) is 11.6 Å². The maximum absolute atomic E-state index is 13.0. The Bertz CT molecular complexity index is 832. The molecule has 0 bridgehead atoms. The van der Waals surface area contributed by atoms with Crippen molar-refractivity contribution < 1.29 is 8.42 Å². The number of rotatable bonds is 6. The lowest BCUT2D eigenvalue weighted by molar-refractivity contribution is -0.0582. The molecule has 9 atom stereocenters. The van der Waals surface area contributed by atoms with Crippen LogP contribution in [0.1, 0.15) is 98.8 Å². The molecule has 4 aliphatic rings. The van der Waals surface area contributed by atoms with Crippen molar-refractivity contribution in [3.05, 3.63) is 11.6 Å². The number of hydrogen-bond donors (Lipinski definition) is 0. The van der Waals surface area contributed by atoms with E-state index in [1.54, 1.807) is 0 Å². The van der Waals surface area contributed by atoms with Crippen molar-refractivity contribution in [3.8, 4) is 0 Å². The van der Waals surface area contributed by atoms with E-state index in [9.17, 15) is 8.42 Å². The van der Waals surface area contributed by atoms with Crippen LogP contribution in [0.25, 0.3) is 0 Å².